The number of aromatic nitrogens is 2. The van der Waals surface area contributed by atoms with Crippen LogP contribution in [0.3, 0.4) is 0 Å². The number of anilines is 3. The Bertz CT molecular complexity index is 4920. The molecule has 16 aromatic rings. The summed E-state index contributed by atoms with van der Waals surface area (Å²) < 4.78 is 10.2. The molecule has 16 rings (SSSR count). The molecule has 0 aliphatic heterocycles. The summed E-state index contributed by atoms with van der Waals surface area (Å²) in [6.45, 7) is 2.20. The summed E-state index contributed by atoms with van der Waals surface area (Å²) in [7, 11) is 3.96. The van der Waals surface area contributed by atoms with Gasteiger partial charge in [-0.15, -0.1) is 22.7 Å². The minimum Gasteiger partial charge on any atom is -0.550 e. The van der Waals surface area contributed by atoms with Crippen molar-refractivity contribution in [2.24, 2.45) is 0 Å². The topological polar surface area (TPSA) is 13.1 Å². The number of rotatable bonds is 8. The molecule has 12 aromatic carbocycles. The minimum atomic E-state index is 0.208. The average Bonchev–Trinajstić information content (AvgIpc) is 4.35. The molecule has 0 spiro atoms. The smallest absolute Gasteiger partial charge is 0.0547 e. The van der Waals surface area contributed by atoms with Crippen LogP contribution in [0.25, 0.3) is 128 Å². The third kappa shape index (κ3) is 7.12. The lowest BCUT2D eigenvalue weighted by Crippen LogP contribution is -2.12. The highest BCUT2D eigenvalue weighted by atomic mass is 32.1. The number of hydrogen-bond acceptors (Lipinski definition) is 3. The third-order valence-electron chi connectivity index (χ3n) is 16.1. The summed E-state index contributed by atoms with van der Waals surface area (Å²) in [4.78, 5) is 2.46. The highest BCUT2D eigenvalue weighted by Gasteiger charge is 2.22. The van der Waals surface area contributed by atoms with E-state index in [1.165, 1.54) is 106 Å². The van der Waals surface area contributed by atoms with Gasteiger partial charge >= 0.3 is 0 Å². The van der Waals surface area contributed by atoms with Crippen molar-refractivity contribution in [2.45, 2.75) is 12.6 Å². The van der Waals surface area contributed by atoms with Gasteiger partial charge in [-0.25, -0.2) is 0 Å². The molecular weight excluding hydrogens is 1000 g/mol. The predicted molar refractivity (Wildman–Crippen MR) is 341 cm³/mol. The first-order valence-electron chi connectivity index (χ1n) is 26.6. The largest absolute Gasteiger partial charge is 0.550 e. The second-order valence-corrected chi connectivity index (χ2v) is 23.6. The lowest BCUT2D eigenvalue weighted by atomic mass is 10.0. The second kappa shape index (κ2) is 17.9. The number of nitrogens with zero attached hydrogens (tertiary/aromatic N) is 3. The highest BCUT2D eigenvalue weighted by Crippen LogP contribution is 2.46. The van der Waals surface area contributed by atoms with E-state index in [0.717, 1.165) is 45.0 Å². The maximum absolute atomic E-state index is 3.96. The summed E-state index contributed by atoms with van der Waals surface area (Å²) in [5, 5.41) is 12.6. The Labute approximate surface area is 461 Å². The summed E-state index contributed by atoms with van der Waals surface area (Å²) in [6.07, 6.45) is 0. The summed E-state index contributed by atoms with van der Waals surface area (Å²) in [5.41, 5.74) is 16.3. The molecule has 0 saturated carbocycles. The average molecular weight is 1050 g/mol. The molecule has 0 N–H and O–H groups in total. The van der Waals surface area contributed by atoms with Crippen LogP contribution in [-0.2, 0) is 0 Å². The maximum Gasteiger partial charge on any atom is 0.0547 e. The predicted octanol–water partition coefficient (Wildman–Crippen LogP) is 21.8. The lowest BCUT2D eigenvalue weighted by molar-refractivity contribution is 1.10. The van der Waals surface area contributed by atoms with E-state index in [4.69, 9.17) is 0 Å². The number of benzene rings is 12. The number of fused-ring (bicyclic) bond motifs is 13. The van der Waals surface area contributed by atoms with Crippen molar-refractivity contribution < 1.29 is 0 Å². The van der Waals surface area contributed by atoms with Crippen molar-refractivity contribution in [3.8, 4) is 33.6 Å². The summed E-state index contributed by atoms with van der Waals surface area (Å²) >= 11 is 3.75. The Morgan fingerprint density at radius 3 is 1.35 bits per heavy atom. The van der Waals surface area contributed by atoms with Crippen LogP contribution in [-0.4, -0.2) is 9.13 Å². The van der Waals surface area contributed by atoms with Crippen LogP contribution in [0.5, 0.6) is 0 Å². The molecule has 4 aromatic heterocycles. The van der Waals surface area contributed by atoms with E-state index in [-0.39, 0.29) is 5.66 Å². The van der Waals surface area contributed by atoms with Gasteiger partial charge in [0.15, 0.2) is 0 Å². The third-order valence-corrected chi connectivity index (χ3v) is 18.9. The van der Waals surface area contributed by atoms with Crippen molar-refractivity contribution in [2.75, 3.05) is 4.90 Å². The Hall–Kier alpha value is -8.83. The zero-order chi connectivity index (χ0) is 51.6. The van der Waals surface area contributed by atoms with Gasteiger partial charge in [0.2, 0.25) is 0 Å². The van der Waals surface area contributed by atoms with Crippen LogP contribution >= 0.6 is 31.9 Å². The maximum atomic E-state index is 3.96. The van der Waals surface area contributed by atoms with Crippen molar-refractivity contribution in [1.82, 2.24) is 9.13 Å². The number of para-hydroxylation sites is 2. The minimum absolute atomic E-state index is 0.208. The van der Waals surface area contributed by atoms with Gasteiger partial charge < -0.3 is 23.3 Å². The van der Waals surface area contributed by atoms with Crippen LogP contribution in [0.1, 0.15) is 18.1 Å². The van der Waals surface area contributed by atoms with Crippen LogP contribution in [0.4, 0.5) is 17.1 Å². The molecule has 0 aliphatic rings. The van der Waals surface area contributed by atoms with Crippen LogP contribution in [0.15, 0.2) is 255 Å². The molecule has 0 radical (unpaired) electrons. The summed E-state index contributed by atoms with van der Waals surface area (Å²) in [5.74, 6) is 0. The molecule has 1 atom stereocenters. The molecule has 0 bridgehead atoms. The number of hydrogen-bond donors (Lipinski definition) is 0. The van der Waals surface area contributed by atoms with Crippen molar-refractivity contribution in [3.63, 3.8) is 0 Å². The van der Waals surface area contributed by atoms with Gasteiger partial charge in [-0.05, 0) is 118 Å². The van der Waals surface area contributed by atoms with E-state index in [2.05, 4.69) is 285 Å². The van der Waals surface area contributed by atoms with Crippen LogP contribution in [0.2, 0.25) is 0 Å². The molecule has 6 heteroatoms. The van der Waals surface area contributed by atoms with E-state index in [0.29, 0.717) is 0 Å². The van der Waals surface area contributed by atoms with E-state index >= 15 is 0 Å². The van der Waals surface area contributed by atoms with Crippen molar-refractivity contribution in [1.29, 1.82) is 0 Å². The Morgan fingerprint density at radius 2 is 0.795 bits per heavy atom. The molecule has 1 unspecified atom stereocenters. The quantitative estimate of drug-likeness (QED) is 0.138. The fourth-order valence-electron chi connectivity index (χ4n) is 12.4. The Balaban J connectivity index is 0.953. The van der Waals surface area contributed by atoms with E-state index in [9.17, 15) is 0 Å². The van der Waals surface area contributed by atoms with Gasteiger partial charge in [0.25, 0.3) is 0 Å². The van der Waals surface area contributed by atoms with Crippen LogP contribution in [0, 0.1) is 0 Å². The van der Waals surface area contributed by atoms with Crippen molar-refractivity contribution >= 4 is 144 Å². The number of thiophene rings is 2. The summed E-state index contributed by atoms with van der Waals surface area (Å²) in [6, 6.07) is 95.0. The van der Waals surface area contributed by atoms with Gasteiger partial charge in [0.05, 0.1) is 39.1 Å². The molecule has 368 valence electrons. The molecule has 0 fully saturated rings. The van der Waals surface area contributed by atoms with Gasteiger partial charge in [0, 0.05) is 73.3 Å². The highest BCUT2D eigenvalue weighted by molar-refractivity contribution is 7.26. The zero-order valence-corrected chi connectivity index (χ0v) is 45.1. The molecule has 3 nitrogen and oxygen atoms in total. The zero-order valence-electron chi connectivity index (χ0n) is 42.5. The molecule has 0 amide bonds. The second-order valence-electron chi connectivity index (χ2n) is 20.6. The molecular formula is C72H47N3PS2-. The Morgan fingerprint density at radius 1 is 0.346 bits per heavy atom. The fourth-order valence-corrected chi connectivity index (χ4v) is 15.1. The fraction of sp³-hybridized carbons (Fsp3) is 0.0278. The molecule has 0 saturated heterocycles. The standard InChI is InChI=1S/C72H47N3PS2/c1-44(76)47-32-37-67-63(38-47)57-16-4-8-24-65(57)74(67)53-41-52(42-54(43-53)75-66-25-9-5-17-58(66)64-39-48-14-2-3-15-49(48)40-68(64)75)73(50-33-28-45(29-34-50)55-20-12-22-61-59-18-6-10-26-69(59)77-71(55)61)51-35-30-46(31-36-51)56-21-13-23-62-60-19-7-11-27-70(60)78-72(56)62/h2-44,76H,1H3/q-1. The SMILES string of the molecule is CC([PH-])c1ccc2c(c1)c1ccccc1n2-c1cc(N(c2ccc(-c3cccc4c3sc3ccccc34)cc2)c2ccc(-c3cccc4c3sc3ccccc34)cc2)cc(-n2c3ccccc3c3cc4ccccc4cc32)c1. The molecule has 4 heterocycles. The van der Waals surface area contributed by atoms with Gasteiger partial charge in [-0.2, -0.15) is 5.66 Å². The van der Waals surface area contributed by atoms with Crippen molar-refractivity contribution in [3.05, 3.63) is 260 Å². The first-order chi connectivity index (χ1) is 38.5. The first-order valence-corrected chi connectivity index (χ1v) is 28.8. The lowest BCUT2D eigenvalue weighted by Gasteiger charge is -2.28. The molecule has 0 aliphatic carbocycles. The van der Waals surface area contributed by atoms with Gasteiger partial charge in [-0.1, -0.05) is 182 Å². The van der Waals surface area contributed by atoms with E-state index in [1.807, 2.05) is 22.7 Å². The Kier molecular flexibility index (Phi) is 10.4. The van der Waals surface area contributed by atoms with E-state index in [1.54, 1.807) is 0 Å². The normalized spacial score (nSPS) is 12.4. The van der Waals surface area contributed by atoms with Gasteiger partial charge in [0.1, 0.15) is 0 Å². The monoisotopic (exact) mass is 1050 g/mol. The molecule has 78 heavy (non-hydrogen) atoms. The van der Waals surface area contributed by atoms with E-state index < -0.39 is 0 Å². The van der Waals surface area contributed by atoms with Gasteiger partial charge in [-0.3, -0.25) is 0 Å². The first kappa shape index (κ1) is 45.4. The van der Waals surface area contributed by atoms with Crippen LogP contribution < -0.4 is 4.90 Å².